The number of anilines is 1. The molecule has 5 nitrogen and oxygen atoms in total. The van der Waals surface area contributed by atoms with Gasteiger partial charge in [-0.2, -0.15) is 0 Å². The normalized spacial score (nSPS) is 14.5. The fraction of sp³-hybridized carbons (Fsp3) is 0.353. The van der Waals surface area contributed by atoms with Gasteiger partial charge in [-0.05, 0) is 42.9 Å². The maximum Gasteiger partial charge on any atom is 0.193 e. The molecule has 3 N–H and O–H groups in total. The van der Waals surface area contributed by atoms with Crippen molar-refractivity contribution in [3.05, 3.63) is 53.6 Å². The van der Waals surface area contributed by atoms with E-state index in [4.69, 9.17) is 5.73 Å². The molecule has 1 aliphatic rings. The summed E-state index contributed by atoms with van der Waals surface area (Å²) in [6.07, 6.45) is 10.7. The van der Waals surface area contributed by atoms with Gasteiger partial charge < -0.3 is 11.1 Å². The maximum atomic E-state index is 6.01. The van der Waals surface area contributed by atoms with Crippen LogP contribution in [0.1, 0.15) is 29.7 Å². The zero-order valence-corrected chi connectivity index (χ0v) is 12.6. The number of aromatic nitrogens is 2. The molecule has 114 valence electrons. The largest absolute Gasteiger partial charge is 0.370 e. The van der Waals surface area contributed by atoms with Crippen LogP contribution in [0.4, 0.5) is 5.69 Å². The Balaban J connectivity index is 1.62. The minimum Gasteiger partial charge on any atom is -0.370 e. The van der Waals surface area contributed by atoms with Crippen LogP contribution in [0.5, 0.6) is 0 Å². The molecule has 0 radical (unpaired) electrons. The highest BCUT2D eigenvalue weighted by atomic mass is 15.1. The van der Waals surface area contributed by atoms with Crippen LogP contribution in [0.3, 0.4) is 0 Å². The number of nitrogens with two attached hydrogens (primary N) is 1. The Morgan fingerprint density at radius 2 is 2.14 bits per heavy atom. The fourth-order valence-electron chi connectivity index (χ4n) is 2.83. The molecule has 2 aromatic rings. The average molecular weight is 295 g/mol. The number of benzene rings is 1. The van der Waals surface area contributed by atoms with Gasteiger partial charge in [0.15, 0.2) is 5.96 Å². The van der Waals surface area contributed by atoms with Crippen molar-refractivity contribution in [1.82, 2.24) is 9.97 Å². The maximum absolute atomic E-state index is 6.01. The van der Waals surface area contributed by atoms with E-state index in [1.807, 2.05) is 0 Å². The van der Waals surface area contributed by atoms with Crippen LogP contribution in [-0.2, 0) is 19.3 Å². The van der Waals surface area contributed by atoms with Gasteiger partial charge in [0, 0.05) is 37.2 Å². The standard InChI is InChI=1S/C17H21N5/c18-17(21-9-8-14-12-19-10-11-20-14)22-16-7-3-5-13-4-1-2-6-15(13)16/h3,5,7,10-12H,1-2,4,6,8-9H2,(H3,18,21,22). The van der Waals surface area contributed by atoms with Gasteiger partial charge in [-0.15, -0.1) is 0 Å². The molecule has 0 atom stereocenters. The Kier molecular flexibility index (Phi) is 4.63. The van der Waals surface area contributed by atoms with E-state index in [0.717, 1.165) is 30.6 Å². The van der Waals surface area contributed by atoms with Crippen molar-refractivity contribution in [2.75, 3.05) is 11.9 Å². The van der Waals surface area contributed by atoms with E-state index in [9.17, 15) is 0 Å². The number of guanidine groups is 1. The SMILES string of the molecule is NC(=NCCc1cnccn1)Nc1cccc2c1CCCC2. The molecule has 1 heterocycles. The number of aryl methyl sites for hydroxylation is 1. The first-order chi connectivity index (χ1) is 10.8. The zero-order valence-electron chi connectivity index (χ0n) is 12.6. The third-order valence-corrected chi connectivity index (χ3v) is 3.93. The summed E-state index contributed by atoms with van der Waals surface area (Å²) in [7, 11) is 0. The molecule has 0 saturated carbocycles. The van der Waals surface area contributed by atoms with E-state index in [2.05, 4.69) is 38.5 Å². The van der Waals surface area contributed by atoms with Crippen LogP contribution in [-0.4, -0.2) is 22.5 Å². The summed E-state index contributed by atoms with van der Waals surface area (Å²) >= 11 is 0. The molecular formula is C17H21N5. The van der Waals surface area contributed by atoms with Crippen molar-refractivity contribution in [1.29, 1.82) is 0 Å². The predicted octanol–water partition coefficient (Wildman–Crippen LogP) is 2.32. The summed E-state index contributed by atoms with van der Waals surface area (Å²) in [5.74, 6) is 0.461. The highest BCUT2D eigenvalue weighted by molar-refractivity contribution is 5.93. The topological polar surface area (TPSA) is 76.2 Å². The molecule has 0 spiro atoms. The second-order valence-corrected chi connectivity index (χ2v) is 5.49. The number of fused-ring (bicyclic) bond motifs is 1. The molecule has 0 saturated heterocycles. The van der Waals surface area contributed by atoms with E-state index in [-0.39, 0.29) is 0 Å². The fourth-order valence-corrected chi connectivity index (χ4v) is 2.83. The molecule has 1 aromatic carbocycles. The molecule has 0 amide bonds. The number of nitrogens with zero attached hydrogens (tertiary/aromatic N) is 3. The smallest absolute Gasteiger partial charge is 0.193 e. The number of hydrogen-bond donors (Lipinski definition) is 2. The van der Waals surface area contributed by atoms with Crippen LogP contribution >= 0.6 is 0 Å². The van der Waals surface area contributed by atoms with E-state index < -0.39 is 0 Å². The molecular weight excluding hydrogens is 274 g/mol. The predicted molar refractivity (Wildman–Crippen MR) is 88.9 cm³/mol. The van der Waals surface area contributed by atoms with Gasteiger partial charge in [-0.1, -0.05) is 12.1 Å². The number of aliphatic imine (C=N–C) groups is 1. The van der Waals surface area contributed by atoms with Crippen LogP contribution in [0.25, 0.3) is 0 Å². The van der Waals surface area contributed by atoms with E-state index in [1.165, 1.54) is 24.0 Å². The lowest BCUT2D eigenvalue weighted by Crippen LogP contribution is -2.24. The Morgan fingerprint density at radius 1 is 1.23 bits per heavy atom. The Bertz CT molecular complexity index is 651. The zero-order chi connectivity index (χ0) is 15.2. The first kappa shape index (κ1) is 14.5. The second kappa shape index (κ2) is 7.02. The van der Waals surface area contributed by atoms with Crippen LogP contribution in [0.15, 0.2) is 41.8 Å². The van der Waals surface area contributed by atoms with Gasteiger partial charge in [0.2, 0.25) is 0 Å². The van der Waals surface area contributed by atoms with E-state index in [0.29, 0.717) is 12.5 Å². The quantitative estimate of drug-likeness (QED) is 0.670. The monoisotopic (exact) mass is 295 g/mol. The molecule has 0 unspecified atom stereocenters. The average Bonchev–Trinajstić information content (AvgIpc) is 2.56. The van der Waals surface area contributed by atoms with Crippen molar-refractivity contribution in [2.45, 2.75) is 32.1 Å². The van der Waals surface area contributed by atoms with Crippen molar-refractivity contribution in [2.24, 2.45) is 10.7 Å². The van der Waals surface area contributed by atoms with Crippen molar-refractivity contribution in [3.63, 3.8) is 0 Å². The summed E-state index contributed by atoms with van der Waals surface area (Å²) < 4.78 is 0. The summed E-state index contributed by atoms with van der Waals surface area (Å²) in [6, 6.07) is 6.37. The molecule has 0 fully saturated rings. The van der Waals surface area contributed by atoms with Gasteiger partial charge in [0.25, 0.3) is 0 Å². The molecule has 1 aliphatic carbocycles. The lowest BCUT2D eigenvalue weighted by molar-refractivity contribution is 0.687. The number of rotatable bonds is 4. The summed E-state index contributed by atoms with van der Waals surface area (Å²) in [4.78, 5) is 12.6. The third-order valence-electron chi connectivity index (χ3n) is 3.93. The first-order valence-electron chi connectivity index (χ1n) is 7.75. The Morgan fingerprint density at radius 3 is 3.00 bits per heavy atom. The van der Waals surface area contributed by atoms with Crippen LogP contribution < -0.4 is 11.1 Å². The van der Waals surface area contributed by atoms with Gasteiger partial charge in [-0.25, -0.2) is 0 Å². The Hall–Kier alpha value is -2.43. The third kappa shape index (κ3) is 3.61. The second-order valence-electron chi connectivity index (χ2n) is 5.49. The van der Waals surface area contributed by atoms with E-state index in [1.54, 1.807) is 18.6 Å². The lowest BCUT2D eigenvalue weighted by atomic mass is 9.90. The van der Waals surface area contributed by atoms with Gasteiger partial charge in [0.1, 0.15) is 0 Å². The van der Waals surface area contributed by atoms with Gasteiger partial charge >= 0.3 is 0 Å². The highest BCUT2D eigenvalue weighted by Crippen LogP contribution is 2.27. The summed E-state index contributed by atoms with van der Waals surface area (Å²) in [5, 5.41) is 3.25. The van der Waals surface area contributed by atoms with Crippen molar-refractivity contribution in [3.8, 4) is 0 Å². The van der Waals surface area contributed by atoms with Gasteiger partial charge in [-0.3, -0.25) is 15.0 Å². The lowest BCUT2D eigenvalue weighted by Gasteiger charge is -2.19. The van der Waals surface area contributed by atoms with Crippen LogP contribution in [0, 0.1) is 0 Å². The molecule has 5 heteroatoms. The molecule has 0 aliphatic heterocycles. The first-order valence-corrected chi connectivity index (χ1v) is 7.75. The van der Waals surface area contributed by atoms with Crippen molar-refractivity contribution >= 4 is 11.6 Å². The number of hydrogen-bond acceptors (Lipinski definition) is 3. The van der Waals surface area contributed by atoms with E-state index >= 15 is 0 Å². The molecule has 1 aromatic heterocycles. The molecule has 3 rings (SSSR count). The Labute approximate surface area is 130 Å². The molecule has 22 heavy (non-hydrogen) atoms. The minimum absolute atomic E-state index is 0.461. The highest BCUT2D eigenvalue weighted by Gasteiger charge is 2.12. The van der Waals surface area contributed by atoms with Crippen LogP contribution in [0.2, 0.25) is 0 Å². The summed E-state index contributed by atoms with van der Waals surface area (Å²) in [5.41, 5.74) is 10.9. The van der Waals surface area contributed by atoms with Crippen molar-refractivity contribution < 1.29 is 0 Å². The van der Waals surface area contributed by atoms with Gasteiger partial charge in [0.05, 0.1) is 5.69 Å². The number of nitrogens with one attached hydrogen (secondary N) is 1. The summed E-state index contributed by atoms with van der Waals surface area (Å²) in [6.45, 7) is 0.604. The minimum atomic E-state index is 0.461. The molecule has 0 bridgehead atoms.